The average Bonchev–Trinajstić information content (AvgIpc) is 2.82. The zero-order valence-corrected chi connectivity index (χ0v) is 18.9. The van der Waals surface area contributed by atoms with Crippen molar-refractivity contribution in [1.29, 1.82) is 0 Å². The Hall–Kier alpha value is -3.00. The van der Waals surface area contributed by atoms with Crippen LogP contribution in [0.15, 0.2) is 41.5 Å². The molecule has 1 saturated heterocycles. The molecule has 0 spiro atoms. The van der Waals surface area contributed by atoms with Gasteiger partial charge in [-0.15, -0.1) is 0 Å². The maximum Gasteiger partial charge on any atom is 0.203 e. The first-order chi connectivity index (χ1) is 15.2. The van der Waals surface area contributed by atoms with E-state index < -0.39 is 0 Å². The van der Waals surface area contributed by atoms with E-state index in [1.54, 1.807) is 21.3 Å². The van der Waals surface area contributed by atoms with Gasteiger partial charge in [0.25, 0.3) is 0 Å². The first-order valence-corrected chi connectivity index (χ1v) is 10.5. The highest BCUT2D eigenvalue weighted by atomic mass is 16.5. The van der Waals surface area contributed by atoms with Crippen LogP contribution in [-0.2, 0) is 13.0 Å². The number of aliphatic imine (C=N–C) groups is 1. The Morgan fingerprint density at radius 2 is 1.74 bits per heavy atom. The van der Waals surface area contributed by atoms with E-state index in [1.807, 2.05) is 43.6 Å². The molecule has 0 amide bonds. The summed E-state index contributed by atoms with van der Waals surface area (Å²) in [6.45, 7) is 5.40. The first-order valence-electron chi connectivity index (χ1n) is 10.5. The number of guanidine groups is 1. The molecule has 0 radical (unpaired) electrons. The summed E-state index contributed by atoms with van der Waals surface area (Å²) < 4.78 is 16.4. The van der Waals surface area contributed by atoms with Crippen molar-refractivity contribution in [2.24, 2.45) is 4.99 Å². The highest BCUT2D eigenvalue weighted by molar-refractivity contribution is 5.80. The molecule has 0 aliphatic carbocycles. The van der Waals surface area contributed by atoms with Gasteiger partial charge < -0.3 is 24.4 Å². The lowest BCUT2D eigenvalue weighted by Gasteiger charge is -2.36. The van der Waals surface area contributed by atoms with Crippen LogP contribution < -0.4 is 19.5 Å². The van der Waals surface area contributed by atoms with Crippen LogP contribution in [0.2, 0.25) is 0 Å². The quantitative estimate of drug-likeness (QED) is 0.511. The second-order valence-corrected chi connectivity index (χ2v) is 7.34. The molecule has 0 unspecified atom stereocenters. The highest BCUT2D eigenvalue weighted by Crippen LogP contribution is 2.38. The average molecular weight is 428 g/mol. The van der Waals surface area contributed by atoms with Gasteiger partial charge in [-0.2, -0.15) is 0 Å². The van der Waals surface area contributed by atoms with Gasteiger partial charge >= 0.3 is 0 Å². The van der Waals surface area contributed by atoms with Crippen molar-refractivity contribution in [1.82, 2.24) is 20.1 Å². The third-order valence-electron chi connectivity index (χ3n) is 5.40. The molecule has 2 heterocycles. The van der Waals surface area contributed by atoms with E-state index >= 15 is 0 Å². The molecule has 1 aliphatic rings. The number of benzene rings is 1. The molecule has 3 rings (SSSR count). The van der Waals surface area contributed by atoms with Crippen molar-refractivity contribution in [3.05, 3.63) is 47.8 Å². The van der Waals surface area contributed by atoms with E-state index in [4.69, 9.17) is 14.2 Å². The molecule has 0 saturated carbocycles. The molecule has 0 bridgehead atoms. The minimum atomic E-state index is 0.624. The Kier molecular flexibility index (Phi) is 8.35. The Morgan fingerprint density at radius 3 is 2.29 bits per heavy atom. The lowest BCUT2D eigenvalue weighted by atomic mass is 10.1. The Morgan fingerprint density at radius 1 is 1.03 bits per heavy atom. The molecule has 2 aromatic rings. The first kappa shape index (κ1) is 22.7. The molecule has 31 heavy (non-hydrogen) atoms. The van der Waals surface area contributed by atoms with Crippen molar-refractivity contribution in [3.8, 4) is 17.2 Å². The summed E-state index contributed by atoms with van der Waals surface area (Å²) in [4.78, 5) is 13.6. The number of ether oxygens (including phenoxy) is 3. The maximum absolute atomic E-state index is 5.48. The maximum atomic E-state index is 5.48. The van der Waals surface area contributed by atoms with Gasteiger partial charge in [-0.3, -0.25) is 14.9 Å². The van der Waals surface area contributed by atoms with Gasteiger partial charge in [0.05, 0.1) is 21.3 Å². The van der Waals surface area contributed by atoms with Crippen molar-refractivity contribution >= 4 is 5.96 Å². The van der Waals surface area contributed by atoms with Crippen LogP contribution >= 0.6 is 0 Å². The Labute approximate surface area is 184 Å². The molecule has 0 atom stereocenters. The van der Waals surface area contributed by atoms with Crippen molar-refractivity contribution in [2.75, 3.05) is 61.1 Å². The smallest absolute Gasteiger partial charge is 0.203 e. The van der Waals surface area contributed by atoms with Gasteiger partial charge in [0.15, 0.2) is 17.5 Å². The van der Waals surface area contributed by atoms with Gasteiger partial charge in [-0.05, 0) is 29.8 Å². The normalized spacial score (nSPS) is 15.0. The number of aromatic nitrogens is 1. The van der Waals surface area contributed by atoms with Crippen molar-refractivity contribution in [2.45, 2.75) is 13.0 Å². The van der Waals surface area contributed by atoms with Crippen LogP contribution in [0.3, 0.4) is 0 Å². The summed E-state index contributed by atoms with van der Waals surface area (Å²) in [6.07, 6.45) is 2.71. The minimum absolute atomic E-state index is 0.624. The SMILES string of the molecule is CN=C(NCCc1ccccn1)N1CCN(Cc2cc(OC)c(OC)c(OC)c2)CC1. The molecular weight excluding hydrogens is 394 g/mol. The zero-order chi connectivity index (χ0) is 22.1. The summed E-state index contributed by atoms with van der Waals surface area (Å²) >= 11 is 0. The van der Waals surface area contributed by atoms with Crippen molar-refractivity contribution in [3.63, 3.8) is 0 Å². The van der Waals surface area contributed by atoms with Crippen LogP contribution in [0.5, 0.6) is 17.2 Å². The van der Waals surface area contributed by atoms with E-state index in [2.05, 4.69) is 25.1 Å². The number of nitrogens with one attached hydrogen (secondary N) is 1. The molecule has 1 fully saturated rings. The Bertz CT molecular complexity index is 827. The number of piperazine rings is 1. The molecule has 8 heteroatoms. The fourth-order valence-electron chi connectivity index (χ4n) is 3.78. The van der Waals surface area contributed by atoms with Crippen LogP contribution in [0.4, 0.5) is 0 Å². The van der Waals surface area contributed by atoms with E-state index in [-0.39, 0.29) is 0 Å². The Balaban J connectivity index is 1.52. The van der Waals surface area contributed by atoms with Gasteiger partial charge in [0.2, 0.25) is 5.75 Å². The predicted molar refractivity (Wildman–Crippen MR) is 122 cm³/mol. The van der Waals surface area contributed by atoms with Gasteiger partial charge in [0.1, 0.15) is 0 Å². The summed E-state index contributed by atoms with van der Waals surface area (Å²) in [5.41, 5.74) is 2.22. The summed E-state index contributed by atoms with van der Waals surface area (Å²) in [5, 5.41) is 3.47. The lowest BCUT2D eigenvalue weighted by Crippen LogP contribution is -2.52. The van der Waals surface area contributed by atoms with Gasteiger partial charge in [-0.1, -0.05) is 6.07 Å². The van der Waals surface area contributed by atoms with Gasteiger partial charge in [-0.25, -0.2) is 0 Å². The topological polar surface area (TPSA) is 71.5 Å². The summed E-state index contributed by atoms with van der Waals surface area (Å²) in [6, 6.07) is 10.0. The van der Waals surface area contributed by atoms with Crippen LogP contribution in [-0.4, -0.2) is 81.8 Å². The number of hydrogen-bond donors (Lipinski definition) is 1. The second-order valence-electron chi connectivity index (χ2n) is 7.34. The monoisotopic (exact) mass is 427 g/mol. The van der Waals surface area contributed by atoms with Crippen LogP contribution in [0.1, 0.15) is 11.3 Å². The number of hydrogen-bond acceptors (Lipinski definition) is 6. The number of methoxy groups -OCH3 is 3. The third-order valence-corrected chi connectivity index (χ3v) is 5.40. The number of pyridine rings is 1. The molecule has 1 aliphatic heterocycles. The number of rotatable bonds is 8. The lowest BCUT2D eigenvalue weighted by molar-refractivity contribution is 0.172. The van der Waals surface area contributed by atoms with Gasteiger partial charge in [0, 0.05) is 64.6 Å². The number of nitrogens with zero attached hydrogens (tertiary/aromatic N) is 4. The summed E-state index contributed by atoms with van der Waals surface area (Å²) in [7, 11) is 6.75. The van der Waals surface area contributed by atoms with Crippen molar-refractivity contribution < 1.29 is 14.2 Å². The molecule has 168 valence electrons. The largest absolute Gasteiger partial charge is 0.493 e. The van der Waals surface area contributed by atoms with E-state index in [1.165, 1.54) is 0 Å². The molecule has 1 aromatic carbocycles. The van der Waals surface area contributed by atoms with Crippen LogP contribution in [0.25, 0.3) is 0 Å². The molecule has 1 aromatic heterocycles. The molecule has 1 N–H and O–H groups in total. The third kappa shape index (κ3) is 6.01. The predicted octanol–water partition coefficient (Wildman–Crippen LogP) is 2.04. The summed E-state index contributed by atoms with van der Waals surface area (Å²) in [5.74, 6) is 2.95. The van der Waals surface area contributed by atoms with E-state index in [0.717, 1.165) is 62.9 Å². The van der Waals surface area contributed by atoms with E-state index in [0.29, 0.717) is 17.2 Å². The fraction of sp³-hybridized carbons (Fsp3) is 0.478. The molecular formula is C23H33N5O3. The fourth-order valence-corrected chi connectivity index (χ4v) is 3.78. The standard InChI is InChI=1S/C23H33N5O3/c1-24-23(26-10-8-19-7-5-6-9-25-19)28-13-11-27(12-14-28)17-18-15-20(29-2)22(31-4)21(16-18)30-3/h5-7,9,15-16H,8,10-14,17H2,1-4H3,(H,24,26). The zero-order valence-electron chi connectivity index (χ0n) is 18.9. The molecule has 8 nitrogen and oxygen atoms in total. The van der Waals surface area contributed by atoms with Crippen LogP contribution in [0, 0.1) is 0 Å². The van der Waals surface area contributed by atoms with E-state index in [9.17, 15) is 0 Å². The second kappa shape index (κ2) is 11.4. The minimum Gasteiger partial charge on any atom is -0.493 e. The highest BCUT2D eigenvalue weighted by Gasteiger charge is 2.21.